The van der Waals surface area contributed by atoms with E-state index in [9.17, 15) is 9.90 Å². The van der Waals surface area contributed by atoms with Crippen LogP contribution in [0.4, 0.5) is 0 Å². The average molecular weight is 300 g/mol. The van der Waals surface area contributed by atoms with Crippen LogP contribution in [0.2, 0.25) is 0 Å². The van der Waals surface area contributed by atoms with E-state index in [1.807, 2.05) is 6.07 Å². The quantitative estimate of drug-likeness (QED) is 0.910. The van der Waals surface area contributed by atoms with Crippen LogP contribution in [0.5, 0.6) is 5.75 Å². The van der Waals surface area contributed by atoms with Crippen LogP contribution in [-0.4, -0.2) is 15.6 Å². The number of phenols is 1. The Bertz CT molecular complexity index is 697. The van der Waals surface area contributed by atoms with Crippen LogP contribution in [0.25, 0.3) is 10.9 Å². The Hall–Kier alpha value is -1.97. The molecule has 2 aromatic rings. The minimum Gasteiger partial charge on any atom is -0.508 e. The van der Waals surface area contributed by atoms with Gasteiger partial charge in [0.2, 0.25) is 5.91 Å². The SMILES string of the molecule is Cc1c(CC(N)=O)c2cc(O)ccc2n1CC1CCCCC1. The highest BCUT2D eigenvalue weighted by molar-refractivity contribution is 5.91. The molecule has 1 aromatic carbocycles. The van der Waals surface area contributed by atoms with Crippen molar-refractivity contribution in [3.8, 4) is 5.75 Å². The van der Waals surface area contributed by atoms with E-state index in [4.69, 9.17) is 5.73 Å². The third kappa shape index (κ3) is 2.82. The van der Waals surface area contributed by atoms with Crippen LogP contribution < -0.4 is 5.73 Å². The first-order valence-electron chi connectivity index (χ1n) is 8.15. The third-order valence-electron chi connectivity index (χ3n) is 4.95. The summed E-state index contributed by atoms with van der Waals surface area (Å²) in [4.78, 5) is 11.4. The predicted molar refractivity (Wildman–Crippen MR) is 87.8 cm³/mol. The summed E-state index contributed by atoms with van der Waals surface area (Å²) < 4.78 is 2.31. The minimum atomic E-state index is -0.330. The van der Waals surface area contributed by atoms with Crippen LogP contribution in [0.1, 0.15) is 43.4 Å². The highest BCUT2D eigenvalue weighted by Crippen LogP contribution is 2.32. The molecule has 3 rings (SSSR count). The van der Waals surface area contributed by atoms with Crippen molar-refractivity contribution in [1.82, 2.24) is 4.57 Å². The summed E-state index contributed by atoms with van der Waals surface area (Å²) in [5.41, 5.74) is 8.55. The molecule has 118 valence electrons. The Morgan fingerprint density at radius 2 is 2.05 bits per heavy atom. The van der Waals surface area contributed by atoms with Crippen LogP contribution in [0.15, 0.2) is 18.2 Å². The number of hydrogen-bond acceptors (Lipinski definition) is 2. The molecule has 1 aliphatic rings. The molecular weight excluding hydrogens is 276 g/mol. The van der Waals surface area contributed by atoms with Gasteiger partial charge < -0.3 is 15.4 Å². The van der Waals surface area contributed by atoms with Gasteiger partial charge in [-0.15, -0.1) is 0 Å². The van der Waals surface area contributed by atoms with Gasteiger partial charge in [-0.3, -0.25) is 4.79 Å². The van der Waals surface area contributed by atoms with E-state index in [2.05, 4.69) is 11.5 Å². The first-order chi connectivity index (χ1) is 10.6. The molecule has 1 amide bonds. The van der Waals surface area contributed by atoms with E-state index in [-0.39, 0.29) is 18.1 Å². The number of carbonyl (C=O) groups is 1. The second-order valence-corrected chi connectivity index (χ2v) is 6.52. The van der Waals surface area contributed by atoms with Crippen molar-refractivity contribution in [2.75, 3.05) is 0 Å². The number of aromatic hydroxyl groups is 1. The van der Waals surface area contributed by atoms with E-state index in [0.29, 0.717) is 5.92 Å². The third-order valence-corrected chi connectivity index (χ3v) is 4.95. The minimum absolute atomic E-state index is 0.226. The Morgan fingerprint density at radius 1 is 1.32 bits per heavy atom. The van der Waals surface area contributed by atoms with Gasteiger partial charge in [0.05, 0.1) is 6.42 Å². The van der Waals surface area contributed by atoms with Gasteiger partial charge in [0, 0.05) is 23.1 Å². The standard InChI is InChI=1S/C18H24N2O2/c1-12-15(10-18(19)22)16-9-14(21)7-8-17(16)20(12)11-13-5-3-2-4-6-13/h7-9,13,21H,2-6,10-11H2,1H3,(H2,19,22). The van der Waals surface area contributed by atoms with Gasteiger partial charge in [-0.05, 0) is 49.4 Å². The van der Waals surface area contributed by atoms with Crippen molar-refractivity contribution in [2.24, 2.45) is 11.7 Å². The van der Waals surface area contributed by atoms with Gasteiger partial charge in [-0.1, -0.05) is 19.3 Å². The van der Waals surface area contributed by atoms with E-state index < -0.39 is 0 Å². The molecule has 1 saturated carbocycles. The number of hydrogen-bond donors (Lipinski definition) is 2. The summed E-state index contributed by atoms with van der Waals surface area (Å²) in [6.45, 7) is 3.05. The lowest BCUT2D eigenvalue weighted by molar-refractivity contribution is -0.117. The molecule has 0 bridgehead atoms. The van der Waals surface area contributed by atoms with Crippen molar-refractivity contribution >= 4 is 16.8 Å². The molecule has 3 N–H and O–H groups in total. The highest BCUT2D eigenvalue weighted by Gasteiger charge is 2.20. The number of benzene rings is 1. The van der Waals surface area contributed by atoms with Crippen LogP contribution in [0, 0.1) is 12.8 Å². The molecule has 22 heavy (non-hydrogen) atoms. The summed E-state index contributed by atoms with van der Waals surface area (Å²) in [5, 5.41) is 10.7. The lowest BCUT2D eigenvalue weighted by Crippen LogP contribution is -2.16. The van der Waals surface area contributed by atoms with E-state index in [0.717, 1.165) is 28.7 Å². The molecule has 1 aromatic heterocycles. The lowest BCUT2D eigenvalue weighted by atomic mass is 9.89. The zero-order valence-electron chi connectivity index (χ0n) is 13.1. The van der Waals surface area contributed by atoms with Gasteiger partial charge in [0.25, 0.3) is 0 Å². The maximum absolute atomic E-state index is 11.4. The number of phenolic OH excluding ortho intramolecular Hbond substituents is 1. The highest BCUT2D eigenvalue weighted by atomic mass is 16.3. The van der Waals surface area contributed by atoms with E-state index in [1.165, 1.54) is 32.1 Å². The number of carbonyl (C=O) groups excluding carboxylic acids is 1. The molecule has 0 aliphatic heterocycles. The zero-order valence-corrected chi connectivity index (χ0v) is 13.1. The molecule has 0 atom stereocenters. The monoisotopic (exact) mass is 300 g/mol. The summed E-state index contributed by atoms with van der Waals surface area (Å²) in [7, 11) is 0. The van der Waals surface area contributed by atoms with Crippen LogP contribution in [0.3, 0.4) is 0 Å². The summed E-state index contributed by atoms with van der Waals surface area (Å²) in [6.07, 6.45) is 6.77. The summed E-state index contributed by atoms with van der Waals surface area (Å²) in [6, 6.07) is 5.41. The molecule has 4 nitrogen and oxygen atoms in total. The van der Waals surface area contributed by atoms with Gasteiger partial charge in [0.1, 0.15) is 5.75 Å². The van der Waals surface area contributed by atoms with E-state index >= 15 is 0 Å². The van der Waals surface area contributed by atoms with Crippen LogP contribution in [-0.2, 0) is 17.8 Å². The Balaban J connectivity index is 2.04. The fraction of sp³-hybridized carbons (Fsp3) is 0.500. The summed E-state index contributed by atoms with van der Waals surface area (Å²) >= 11 is 0. The smallest absolute Gasteiger partial charge is 0.221 e. The predicted octanol–water partition coefficient (Wildman–Crippen LogP) is 3.26. The normalized spacial score (nSPS) is 16.2. The van der Waals surface area contributed by atoms with Crippen LogP contribution >= 0.6 is 0 Å². The molecule has 0 unspecified atom stereocenters. The van der Waals surface area contributed by atoms with Crippen molar-refractivity contribution in [3.63, 3.8) is 0 Å². The number of rotatable bonds is 4. The fourth-order valence-corrected chi connectivity index (χ4v) is 3.80. The molecule has 1 aliphatic carbocycles. The lowest BCUT2D eigenvalue weighted by Gasteiger charge is -2.23. The number of fused-ring (bicyclic) bond motifs is 1. The number of nitrogens with zero attached hydrogens (tertiary/aromatic N) is 1. The van der Waals surface area contributed by atoms with Crippen molar-refractivity contribution in [1.29, 1.82) is 0 Å². The maximum atomic E-state index is 11.4. The summed E-state index contributed by atoms with van der Waals surface area (Å²) in [5.74, 6) is 0.606. The first kappa shape index (κ1) is 14.9. The number of primary amides is 1. The van der Waals surface area contributed by atoms with Gasteiger partial charge in [-0.25, -0.2) is 0 Å². The fourth-order valence-electron chi connectivity index (χ4n) is 3.80. The zero-order chi connectivity index (χ0) is 15.7. The molecule has 1 heterocycles. The molecular formula is C18H24N2O2. The van der Waals surface area contributed by atoms with Crippen molar-refractivity contribution < 1.29 is 9.90 Å². The van der Waals surface area contributed by atoms with Gasteiger partial charge in [0.15, 0.2) is 0 Å². The first-order valence-corrected chi connectivity index (χ1v) is 8.15. The second kappa shape index (κ2) is 6.03. The number of amides is 1. The molecule has 4 heteroatoms. The van der Waals surface area contributed by atoms with Gasteiger partial charge >= 0.3 is 0 Å². The number of nitrogens with two attached hydrogens (primary N) is 1. The Kier molecular flexibility index (Phi) is 4.10. The van der Waals surface area contributed by atoms with E-state index in [1.54, 1.807) is 12.1 Å². The van der Waals surface area contributed by atoms with Crippen molar-refractivity contribution in [3.05, 3.63) is 29.5 Å². The van der Waals surface area contributed by atoms with Gasteiger partial charge in [-0.2, -0.15) is 0 Å². The Morgan fingerprint density at radius 3 is 2.73 bits per heavy atom. The Labute approximate surface area is 130 Å². The van der Waals surface area contributed by atoms with Crippen molar-refractivity contribution in [2.45, 2.75) is 52.0 Å². The largest absolute Gasteiger partial charge is 0.508 e. The number of aromatic nitrogens is 1. The average Bonchev–Trinajstić information content (AvgIpc) is 2.73. The molecule has 1 fully saturated rings. The molecule has 0 saturated heterocycles. The second-order valence-electron chi connectivity index (χ2n) is 6.52. The topological polar surface area (TPSA) is 68.2 Å². The maximum Gasteiger partial charge on any atom is 0.221 e. The molecule has 0 spiro atoms. The molecule has 0 radical (unpaired) electrons.